The first kappa shape index (κ1) is 10.5. The Morgan fingerprint density at radius 2 is 2.47 bits per heavy atom. The van der Waals surface area contributed by atoms with Gasteiger partial charge in [-0.25, -0.2) is 4.98 Å². The van der Waals surface area contributed by atoms with Crippen LogP contribution in [0.3, 0.4) is 0 Å². The van der Waals surface area contributed by atoms with E-state index in [4.69, 9.17) is 4.52 Å². The van der Waals surface area contributed by atoms with Crippen molar-refractivity contribution in [2.24, 2.45) is 0 Å². The maximum atomic E-state index is 5.16. The van der Waals surface area contributed by atoms with E-state index in [1.165, 1.54) is 18.1 Å². The number of aromatic amines is 1. The second kappa shape index (κ2) is 4.68. The second-order valence-corrected chi connectivity index (χ2v) is 4.85. The van der Waals surface area contributed by atoms with E-state index in [1.54, 1.807) is 11.3 Å². The van der Waals surface area contributed by atoms with Crippen molar-refractivity contribution in [2.75, 3.05) is 0 Å². The molecule has 0 aliphatic heterocycles. The van der Waals surface area contributed by atoms with Gasteiger partial charge in [-0.3, -0.25) is 5.10 Å². The van der Waals surface area contributed by atoms with Crippen LogP contribution in [0.15, 0.2) is 32.8 Å². The molecule has 3 aromatic heterocycles. The van der Waals surface area contributed by atoms with Crippen molar-refractivity contribution in [3.8, 4) is 11.5 Å². The molecule has 8 heteroatoms. The predicted molar refractivity (Wildman–Crippen MR) is 63.6 cm³/mol. The van der Waals surface area contributed by atoms with Crippen LogP contribution in [-0.2, 0) is 5.75 Å². The molecule has 0 aliphatic carbocycles. The second-order valence-electron chi connectivity index (χ2n) is 3.11. The normalized spacial score (nSPS) is 10.8. The van der Waals surface area contributed by atoms with Crippen LogP contribution in [0, 0.1) is 0 Å². The van der Waals surface area contributed by atoms with Crippen LogP contribution in [0.25, 0.3) is 11.5 Å². The molecule has 0 spiro atoms. The lowest BCUT2D eigenvalue weighted by Crippen LogP contribution is -1.85. The fourth-order valence-corrected chi connectivity index (χ4v) is 2.46. The Hall–Kier alpha value is -1.67. The molecule has 0 atom stereocenters. The van der Waals surface area contributed by atoms with Crippen LogP contribution < -0.4 is 0 Å². The SMILES string of the molecule is c1n[nH]c(SCc2noc(-c3ccsc3)n2)n1. The lowest BCUT2D eigenvalue weighted by molar-refractivity contribution is 0.425. The van der Waals surface area contributed by atoms with Gasteiger partial charge in [0.05, 0.1) is 11.3 Å². The Morgan fingerprint density at radius 3 is 3.24 bits per heavy atom. The van der Waals surface area contributed by atoms with Crippen molar-refractivity contribution in [3.05, 3.63) is 29.0 Å². The number of aromatic nitrogens is 5. The van der Waals surface area contributed by atoms with Crippen molar-refractivity contribution in [2.45, 2.75) is 10.9 Å². The number of hydrogen-bond donors (Lipinski definition) is 1. The fraction of sp³-hybridized carbons (Fsp3) is 0.111. The predicted octanol–water partition coefficient (Wildman–Crippen LogP) is 2.21. The van der Waals surface area contributed by atoms with Gasteiger partial charge in [-0.2, -0.15) is 21.4 Å². The lowest BCUT2D eigenvalue weighted by atomic mass is 10.3. The van der Waals surface area contributed by atoms with E-state index in [0.29, 0.717) is 17.5 Å². The molecule has 0 aromatic carbocycles. The summed E-state index contributed by atoms with van der Waals surface area (Å²) in [7, 11) is 0. The molecule has 0 fully saturated rings. The smallest absolute Gasteiger partial charge is 0.258 e. The average molecular weight is 265 g/mol. The van der Waals surface area contributed by atoms with E-state index in [0.717, 1.165) is 10.7 Å². The van der Waals surface area contributed by atoms with Gasteiger partial charge in [-0.1, -0.05) is 16.9 Å². The Bertz CT molecular complexity index is 574. The van der Waals surface area contributed by atoms with Gasteiger partial charge in [0.25, 0.3) is 5.89 Å². The van der Waals surface area contributed by atoms with E-state index in [9.17, 15) is 0 Å². The number of nitrogens with one attached hydrogen (secondary N) is 1. The summed E-state index contributed by atoms with van der Waals surface area (Å²) in [6, 6.07) is 1.95. The zero-order valence-corrected chi connectivity index (χ0v) is 10.2. The number of rotatable bonds is 4. The molecular weight excluding hydrogens is 258 g/mol. The quantitative estimate of drug-likeness (QED) is 0.728. The highest BCUT2D eigenvalue weighted by atomic mass is 32.2. The number of thioether (sulfide) groups is 1. The van der Waals surface area contributed by atoms with Crippen LogP contribution in [0.4, 0.5) is 0 Å². The molecule has 1 N–H and O–H groups in total. The van der Waals surface area contributed by atoms with Gasteiger partial charge < -0.3 is 4.52 Å². The molecular formula is C9H7N5OS2. The molecule has 0 saturated heterocycles. The summed E-state index contributed by atoms with van der Waals surface area (Å²) >= 11 is 3.08. The maximum Gasteiger partial charge on any atom is 0.258 e. The summed E-state index contributed by atoms with van der Waals surface area (Å²) in [5.74, 6) is 1.80. The van der Waals surface area contributed by atoms with Crippen LogP contribution in [-0.4, -0.2) is 25.3 Å². The largest absolute Gasteiger partial charge is 0.334 e. The molecule has 0 radical (unpaired) electrons. The molecule has 0 bridgehead atoms. The van der Waals surface area contributed by atoms with Gasteiger partial charge >= 0.3 is 0 Å². The van der Waals surface area contributed by atoms with Crippen LogP contribution in [0.5, 0.6) is 0 Å². The first-order chi connectivity index (χ1) is 8.42. The minimum atomic E-state index is 0.555. The molecule has 3 aromatic rings. The molecule has 0 saturated carbocycles. The number of hydrogen-bond acceptors (Lipinski definition) is 7. The number of H-pyrrole nitrogens is 1. The van der Waals surface area contributed by atoms with Crippen molar-refractivity contribution >= 4 is 23.1 Å². The first-order valence-electron chi connectivity index (χ1n) is 4.75. The van der Waals surface area contributed by atoms with E-state index in [1.807, 2.05) is 16.8 Å². The molecule has 3 heterocycles. The topological polar surface area (TPSA) is 80.5 Å². The Morgan fingerprint density at radius 1 is 1.47 bits per heavy atom. The van der Waals surface area contributed by atoms with Gasteiger partial charge in [0.1, 0.15) is 6.33 Å². The standard InChI is InChI=1S/C9H7N5OS2/c1-2-16-3-6(1)8-12-7(14-15-8)4-17-9-10-5-11-13-9/h1-3,5H,4H2,(H,10,11,13). The van der Waals surface area contributed by atoms with Gasteiger partial charge in [0.2, 0.25) is 0 Å². The maximum absolute atomic E-state index is 5.16. The third-order valence-corrected chi connectivity index (χ3v) is 3.52. The summed E-state index contributed by atoms with van der Waals surface area (Å²) in [5.41, 5.74) is 0.957. The van der Waals surface area contributed by atoms with E-state index < -0.39 is 0 Å². The van der Waals surface area contributed by atoms with Gasteiger partial charge in [0, 0.05) is 5.38 Å². The molecule has 3 rings (SSSR count). The van der Waals surface area contributed by atoms with E-state index >= 15 is 0 Å². The highest BCUT2D eigenvalue weighted by molar-refractivity contribution is 7.98. The summed E-state index contributed by atoms with van der Waals surface area (Å²) in [5, 5.41) is 15.1. The Balaban J connectivity index is 1.69. The molecule has 0 amide bonds. The molecule has 86 valence electrons. The average Bonchev–Trinajstić information content (AvgIpc) is 3.09. The molecule has 17 heavy (non-hydrogen) atoms. The van der Waals surface area contributed by atoms with E-state index in [-0.39, 0.29) is 0 Å². The van der Waals surface area contributed by atoms with Crippen LogP contribution in [0.2, 0.25) is 0 Å². The Kier molecular flexibility index (Phi) is 2.88. The minimum absolute atomic E-state index is 0.555. The summed E-state index contributed by atoms with van der Waals surface area (Å²) in [6.07, 6.45) is 1.47. The fourth-order valence-electron chi connectivity index (χ4n) is 1.21. The zero-order chi connectivity index (χ0) is 11.5. The number of nitrogens with zero attached hydrogens (tertiary/aromatic N) is 4. The molecule has 6 nitrogen and oxygen atoms in total. The van der Waals surface area contributed by atoms with E-state index in [2.05, 4.69) is 25.3 Å². The Labute approximate surface area is 104 Å². The highest BCUT2D eigenvalue weighted by Crippen LogP contribution is 2.22. The van der Waals surface area contributed by atoms with Crippen LogP contribution in [0.1, 0.15) is 5.82 Å². The lowest BCUT2D eigenvalue weighted by Gasteiger charge is -1.89. The summed E-state index contributed by atoms with van der Waals surface area (Å²) in [6.45, 7) is 0. The van der Waals surface area contributed by atoms with Crippen molar-refractivity contribution < 1.29 is 4.52 Å². The van der Waals surface area contributed by atoms with Gasteiger partial charge in [-0.15, -0.1) is 0 Å². The third-order valence-electron chi connectivity index (χ3n) is 1.97. The number of thiophene rings is 1. The highest BCUT2D eigenvalue weighted by Gasteiger charge is 2.09. The van der Waals surface area contributed by atoms with Crippen molar-refractivity contribution in [1.82, 2.24) is 25.3 Å². The first-order valence-corrected chi connectivity index (χ1v) is 6.68. The minimum Gasteiger partial charge on any atom is -0.334 e. The van der Waals surface area contributed by atoms with Crippen molar-refractivity contribution in [1.29, 1.82) is 0 Å². The third kappa shape index (κ3) is 2.37. The summed E-state index contributed by atoms with van der Waals surface area (Å²) in [4.78, 5) is 8.30. The monoisotopic (exact) mass is 265 g/mol. The molecule has 0 unspecified atom stereocenters. The zero-order valence-electron chi connectivity index (χ0n) is 8.53. The molecule has 0 aliphatic rings. The van der Waals surface area contributed by atoms with Crippen LogP contribution >= 0.6 is 23.1 Å². The van der Waals surface area contributed by atoms with Crippen molar-refractivity contribution in [3.63, 3.8) is 0 Å². The van der Waals surface area contributed by atoms with Gasteiger partial charge in [0.15, 0.2) is 11.0 Å². The van der Waals surface area contributed by atoms with Gasteiger partial charge in [-0.05, 0) is 11.4 Å². The summed E-state index contributed by atoms with van der Waals surface area (Å²) < 4.78 is 5.16.